The highest BCUT2D eigenvalue weighted by molar-refractivity contribution is 7.98. The third kappa shape index (κ3) is 4.83. The Labute approximate surface area is 181 Å². The van der Waals surface area contributed by atoms with Crippen LogP contribution >= 0.6 is 23.4 Å². The zero-order chi connectivity index (χ0) is 21.0. The smallest absolute Gasteiger partial charge is 0.243 e. The highest BCUT2D eigenvalue weighted by Gasteiger charge is 2.22. The predicted molar refractivity (Wildman–Crippen MR) is 118 cm³/mol. The molecule has 0 aliphatic rings. The molecule has 0 amide bonds. The van der Waals surface area contributed by atoms with Crippen molar-refractivity contribution in [1.82, 2.24) is 19.1 Å². The second kappa shape index (κ2) is 9.30. The van der Waals surface area contributed by atoms with Crippen LogP contribution in [0.3, 0.4) is 0 Å². The quantitative estimate of drug-likeness (QED) is 0.474. The van der Waals surface area contributed by atoms with Gasteiger partial charge in [-0.05, 0) is 29.8 Å². The van der Waals surface area contributed by atoms with Gasteiger partial charge in [0, 0.05) is 36.5 Å². The van der Waals surface area contributed by atoms with E-state index in [1.807, 2.05) is 55.8 Å². The zero-order valence-electron chi connectivity index (χ0n) is 16.5. The normalized spacial score (nSPS) is 11.9. The van der Waals surface area contributed by atoms with Crippen molar-refractivity contribution >= 4 is 33.4 Å². The highest BCUT2D eigenvalue weighted by atomic mass is 35.5. The topological polar surface area (TPSA) is 68.1 Å². The van der Waals surface area contributed by atoms with Crippen LogP contribution in [-0.4, -0.2) is 40.6 Å². The van der Waals surface area contributed by atoms with Gasteiger partial charge in [-0.3, -0.25) is 0 Å². The summed E-state index contributed by atoms with van der Waals surface area (Å²) in [5.41, 5.74) is 1.81. The van der Waals surface area contributed by atoms with Gasteiger partial charge >= 0.3 is 0 Å². The van der Waals surface area contributed by atoms with E-state index in [-0.39, 0.29) is 4.90 Å². The second-order valence-electron chi connectivity index (χ2n) is 6.40. The fraction of sp³-hybridized carbons (Fsp3) is 0.300. The molecule has 0 spiro atoms. The van der Waals surface area contributed by atoms with Crippen LogP contribution < -0.4 is 0 Å². The molecular formula is C20H23ClN4O2S2. The van der Waals surface area contributed by atoms with Gasteiger partial charge in [0.1, 0.15) is 0 Å². The Balaban J connectivity index is 1.85. The molecular weight excluding hydrogens is 428 g/mol. The Kier molecular flexibility index (Phi) is 7.00. The van der Waals surface area contributed by atoms with Crippen LogP contribution in [0.15, 0.2) is 58.6 Å². The van der Waals surface area contributed by atoms with Crippen LogP contribution in [0.1, 0.15) is 19.4 Å². The van der Waals surface area contributed by atoms with E-state index in [2.05, 4.69) is 10.2 Å². The van der Waals surface area contributed by atoms with E-state index in [9.17, 15) is 8.42 Å². The lowest BCUT2D eigenvalue weighted by Gasteiger charge is -2.18. The van der Waals surface area contributed by atoms with E-state index in [1.54, 1.807) is 30.0 Å². The summed E-state index contributed by atoms with van der Waals surface area (Å²) in [6.45, 7) is 4.52. The summed E-state index contributed by atoms with van der Waals surface area (Å²) in [4.78, 5) is 0.259. The molecule has 0 radical (unpaired) electrons. The molecule has 3 aromatic rings. The molecule has 0 saturated heterocycles. The van der Waals surface area contributed by atoms with Gasteiger partial charge in [-0.2, -0.15) is 4.31 Å². The van der Waals surface area contributed by atoms with Crippen molar-refractivity contribution in [3.8, 4) is 11.4 Å². The average Bonchev–Trinajstić information content (AvgIpc) is 3.08. The molecule has 1 aromatic heterocycles. The first kappa shape index (κ1) is 21.8. The van der Waals surface area contributed by atoms with Gasteiger partial charge in [0.05, 0.1) is 4.90 Å². The van der Waals surface area contributed by atoms with Gasteiger partial charge in [0.15, 0.2) is 11.0 Å². The summed E-state index contributed by atoms with van der Waals surface area (Å²) in [5, 5.41) is 10.0. The molecule has 0 saturated carbocycles. The van der Waals surface area contributed by atoms with E-state index in [0.717, 1.165) is 10.7 Å². The molecule has 29 heavy (non-hydrogen) atoms. The largest absolute Gasteiger partial charge is 0.305 e. The van der Waals surface area contributed by atoms with Crippen LogP contribution in [0.25, 0.3) is 11.4 Å². The summed E-state index contributed by atoms with van der Waals surface area (Å²) in [6.07, 6.45) is 0. The van der Waals surface area contributed by atoms with Crippen molar-refractivity contribution in [2.24, 2.45) is 7.05 Å². The highest BCUT2D eigenvalue weighted by Crippen LogP contribution is 2.27. The van der Waals surface area contributed by atoms with E-state index < -0.39 is 10.0 Å². The molecule has 6 nitrogen and oxygen atoms in total. The van der Waals surface area contributed by atoms with Crippen LogP contribution in [-0.2, 0) is 22.8 Å². The number of thioether (sulfide) groups is 1. The van der Waals surface area contributed by atoms with Crippen LogP contribution in [0.2, 0.25) is 5.02 Å². The first-order chi connectivity index (χ1) is 13.9. The van der Waals surface area contributed by atoms with Crippen molar-refractivity contribution < 1.29 is 8.42 Å². The molecule has 0 aliphatic heterocycles. The van der Waals surface area contributed by atoms with Gasteiger partial charge < -0.3 is 4.57 Å². The summed E-state index contributed by atoms with van der Waals surface area (Å²) in [5.74, 6) is 1.33. The predicted octanol–water partition coefficient (Wildman–Crippen LogP) is 4.46. The lowest BCUT2D eigenvalue weighted by molar-refractivity contribution is 0.445. The van der Waals surface area contributed by atoms with Crippen LogP contribution in [0.5, 0.6) is 0 Å². The average molecular weight is 451 g/mol. The maximum atomic E-state index is 12.8. The number of aromatic nitrogens is 3. The zero-order valence-corrected chi connectivity index (χ0v) is 18.9. The van der Waals surface area contributed by atoms with Crippen molar-refractivity contribution in [3.05, 3.63) is 59.1 Å². The first-order valence-electron chi connectivity index (χ1n) is 9.24. The second-order valence-corrected chi connectivity index (χ2v) is 9.72. The fourth-order valence-corrected chi connectivity index (χ4v) is 5.55. The van der Waals surface area contributed by atoms with Crippen molar-refractivity contribution in [2.75, 3.05) is 13.1 Å². The van der Waals surface area contributed by atoms with E-state index >= 15 is 0 Å². The Morgan fingerprint density at radius 3 is 2.48 bits per heavy atom. The molecule has 9 heteroatoms. The molecule has 154 valence electrons. The Hall–Kier alpha value is -1.87. The van der Waals surface area contributed by atoms with E-state index in [4.69, 9.17) is 11.6 Å². The number of sulfonamides is 1. The number of nitrogens with zero attached hydrogens (tertiary/aromatic N) is 4. The third-order valence-corrected chi connectivity index (χ3v) is 7.90. The van der Waals surface area contributed by atoms with E-state index in [0.29, 0.717) is 35.3 Å². The standard InChI is InChI=1S/C20H23ClN4O2S2/c1-4-25(5-2)29(26,27)18-11-7-9-16(13-18)19-22-23-20(24(19)3)28-14-15-8-6-10-17(21)12-15/h6-13H,4-5,14H2,1-3H3. The fourth-order valence-electron chi connectivity index (χ4n) is 2.97. The van der Waals surface area contributed by atoms with Crippen LogP contribution in [0.4, 0.5) is 0 Å². The molecule has 0 aliphatic carbocycles. The minimum absolute atomic E-state index is 0.259. The summed E-state index contributed by atoms with van der Waals surface area (Å²) in [7, 11) is -1.65. The molecule has 0 fully saturated rings. The van der Waals surface area contributed by atoms with Gasteiger partial charge in [-0.15, -0.1) is 10.2 Å². The van der Waals surface area contributed by atoms with Gasteiger partial charge in [0.25, 0.3) is 0 Å². The van der Waals surface area contributed by atoms with Crippen molar-refractivity contribution in [1.29, 1.82) is 0 Å². The number of hydrogen-bond acceptors (Lipinski definition) is 5. The molecule has 0 bridgehead atoms. The summed E-state index contributed by atoms with van der Waals surface area (Å²) < 4.78 is 29.0. The molecule has 2 aromatic carbocycles. The minimum Gasteiger partial charge on any atom is -0.305 e. The number of benzene rings is 2. The first-order valence-corrected chi connectivity index (χ1v) is 12.0. The van der Waals surface area contributed by atoms with Crippen molar-refractivity contribution in [2.45, 2.75) is 29.7 Å². The maximum absolute atomic E-state index is 12.8. The molecule has 0 unspecified atom stereocenters. The van der Waals surface area contributed by atoms with Gasteiger partial charge in [-0.1, -0.05) is 61.5 Å². The molecule has 0 atom stereocenters. The minimum atomic E-state index is -3.53. The van der Waals surface area contributed by atoms with Crippen LogP contribution in [0, 0.1) is 0 Å². The SMILES string of the molecule is CCN(CC)S(=O)(=O)c1cccc(-c2nnc(SCc3cccc(Cl)c3)n2C)c1. The third-order valence-electron chi connectivity index (χ3n) is 4.53. The Morgan fingerprint density at radius 1 is 1.07 bits per heavy atom. The van der Waals surface area contributed by atoms with Gasteiger partial charge in [-0.25, -0.2) is 8.42 Å². The van der Waals surface area contributed by atoms with Gasteiger partial charge in [0.2, 0.25) is 10.0 Å². The lowest BCUT2D eigenvalue weighted by Crippen LogP contribution is -2.30. The Bertz CT molecular complexity index is 1100. The lowest BCUT2D eigenvalue weighted by atomic mass is 10.2. The summed E-state index contributed by atoms with van der Waals surface area (Å²) in [6, 6.07) is 14.5. The Morgan fingerprint density at radius 2 is 1.79 bits per heavy atom. The molecule has 0 N–H and O–H groups in total. The molecule has 1 heterocycles. The van der Waals surface area contributed by atoms with E-state index in [1.165, 1.54) is 4.31 Å². The number of hydrogen-bond donors (Lipinski definition) is 0. The monoisotopic (exact) mass is 450 g/mol. The number of halogens is 1. The summed E-state index contributed by atoms with van der Waals surface area (Å²) >= 11 is 7.59. The molecule has 3 rings (SSSR count). The maximum Gasteiger partial charge on any atom is 0.243 e. The number of rotatable bonds is 8. The van der Waals surface area contributed by atoms with Crippen molar-refractivity contribution in [3.63, 3.8) is 0 Å².